The highest BCUT2D eigenvalue weighted by Gasteiger charge is 2.48. The first-order valence-corrected chi connectivity index (χ1v) is 18.4. The monoisotopic (exact) mass is 552 g/mol. The van der Waals surface area contributed by atoms with E-state index in [0.29, 0.717) is 22.9 Å². The zero-order chi connectivity index (χ0) is 29.1. The van der Waals surface area contributed by atoms with E-state index in [4.69, 9.17) is 0 Å². The van der Waals surface area contributed by atoms with Crippen LogP contribution in [0.15, 0.2) is 131 Å². The van der Waals surface area contributed by atoms with Gasteiger partial charge in [-0.3, -0.25) is 0 Å². The van der Waals surface area contributed by atoms with Crippen molar-refractivity contribution in [1.29, 1.82) is 0 Å². The molecule has 41 heavy (non-hydrogen) atoms. The fraction of sp³-hybridized carbons (Fsp3) is 0.300. The van der Waals surface area contributed by atoms with Crippen LogP contribution < -0.4 is 0 Å². The van der Waals surface area contributed by atoms with Crippen LogP contribution >= 0.6 is 0 Å². The molecule has 4 aliphatic carbocycles. The van der Waals surface area contributed by atoms with Gasteiger partial charge in [-0.2, -0.15) is 0 Å². The van der Waals surface area contributed by atoms with Crippen LogP contribution in [0.5, 0.6) is 0 Å². The fourth-order valence-corrected chi connectivity index (χ4v) is 13.7. The second kappa shape index (κ2) is 10.4. The lowest BCUT2D eigenvalue weighted by Crippen LogP contribution is -2.39. The van der Waals surface area contributed by atoms with E-state index in [-0.39, 0.29) is 0 Å². The molecule has 6 rings (SSSR count). The molecule has 0 N–H and O–H groups in total. The summed E-state index contributed by atoms with van der Waals surface area (Å²) in [7, 11) is -1.95. The van der Waals surface area contributed by atoms with Crippen LogP contribution in [0.3, 0.4) is 0 Å². The summed E-state index contributed by atoms with van der Waals surface area (Å²) in [5, 5.41) is 0. The third-order valence-corrected chi connectivity index (χ3v) is 14.7. The van der Waals surface area contributed by atoms with E-state index < -0.39 is 8.07 Å². The summed E-state index contributed by atoms with van der Waals surface area (Å²) in [4.78, 5) is 0. The lowest BCUT2D eigenvalue weighted by atomic mass is 9.84. The molecular weight excluding hydrogens is 509 g/mol. The van der Waals surface area contributed by atoms with E-state index in [2.05, 4.69) is 152 Å². The van der Waals surface area contributed by atoms with Gasteiger partial charge in [0.05, 0.1) is 8.07 Å². The Kier molecular flexibility index (Phi) is 7.06. The number of benzene rings is 2. The summed E-state index contributed by atoms with van der Waals surface area (Å²) in [6.45, 7) is 19.2. The Balaban J connectivity index is 1.46. The summed E-state index contributed by atoms with van der Waals surface area (Å²) in [5.41, 5.74) is 18.7. The number of rotatable bonds is 4. The van der Waals surface area contributed by atoms with Gasteiger partial charge in [0.2, 0.25) is 0 Å². The first-order chi connectivity index (χ1) is 19.6. The van der Waals surface area contributed by atoms with Crippen LogP contribution in [-0.4, -0.2) is 8.07 Å². The molecule has 0 aromatic heterocycles. The minimum Gasteiger partial charge on any atom is -0.0726 e. The zero-order valence-corrected chi connectivity index (χ0v) is 27.0. The van der Waals surface area contributed by atoms with E-state index in [9.17, 15) is 0 Å². The van der Waals surface area contributed by atoms with Crippen LogP contribution in [0.4, 0.5) is 0 Å². The molecule has 1 heteroatoms. The van der Waals surface area contributed by atoms with Crippen molar-refractivity contribution in [1.82, 2.24) is 0 Å². The lowest BCUT2D eigenvalue weighted by Gasteiger charge is -2.40. The van der Waals surface area contributed by atoms with Crippen molar-refractivity contribution in [3.63, 3.8) is 0 Å². The Labute approximate surface area is 249 Å². The molecule has 0 saturated heterocycles. The van der Waals surface area contributed by atoms with Crippen molar-refractivity contribution in [3.05, 3.63) is 164 Å². The van der Waals surface area contributed by atoms with Gasteiger partial charge in [-0.05, 0) is 97.2 Å². The molecule has 4 aliphatic rings. The second-order valence-corrected chi connectivity index (χ2v) is 18.1. The number of hydrogen-bond donors (Lipinski definition) is 0. The van der Waals surface area contributed by atoms with Crippen molar-refractivity contribution in [2.45, 2.75) is 77.6 Å². The maximum absolute atomic E-state index is 2.66. The maximum Gasteiger partial charge on any atom is 0.0721 e. The topological polar surface area (TPSA) is 0 Å². The number of allylic oxidation sites excluding steroid dienone is 16. The molecule has 0 spiro atoms. The van der Waals surface area contributed by atoms with Crippen molar-refractivity contribution >= 4 is 8.07 Å². The molecule has 0 fully saturated rings. The van der Waals surface area contributed by atoms with Gasteiger partial charge in [0.25, 0.3) is 0 Å². The fourth-order valence-electron chi connectivity index (χ4n) is 8.73. The molecular formula is C40H44Si. The molecule has 4 atom stereocenters. The van der Waals surface area contributed by atoms with Gasteiger partial charge >= 0.3 is 0 Å². The maximum atomic E-state index is 2.66. The SMILES string of the molecule is CC1=CC2=C(C=CC=CC2c2c(C)cccc2C)C1[Si](C)(C)C1C(C)=CC2=C1C=CC=CC2c1c(C)cccc1C. The van der Waals surface area contributed by atoms with Crippen LogP contribution in [-0.2, 0) is 0 Å². The van der Waals surface area contributed by atoms with E-state index in [1.54, 1.807) is 22.3 Å². The number of hydrogen-bond acceptors (Lipinski definition) is 0. The summed E-state index contributed by atoms with van der Waals surface area (Å²) in [5.74, 6) is 0.604. The highest BCUT2D eigenvalue weighted by molar-refractivity contribution is 6.83. The molecule has 0 nitrogen and oxygen atoms in total. The highest BCUT2D eigenvalue weighted by Crippen LogP contribution is 2.58. The van der Waals surface area contributed by atoms with E-state index in [0.717, 1.165) is 0 Å². The zero-order valence-electron chi connectivity index (χ0n) is 26.0. The van der Waals surface area contributed by atoms with Crippen molar-refractivity contribution in [3.8, 4) is 0 Å². The van der Waals surface area contributed by atoms with Crippen LogP contribution in [0.1, 0.15) is 59.1 Å². The molecule has 0 saturated carbocycles. The summed E-state index contributed by atoms with van der Waals surface area (Å²) in [6.07, 6.45) is 24.0. The Morgan fingerprint density at radius 3 is 1.22 bits per heavy atom. The molecule has 4 unspecified atom stereocenters. The predicted molar refractivity (Wildman–Crippen MR) is 180 cm³/mol. The molecule has 2 aromatic carbocycles. The largest absolute Gasteiger partial charge is 0.0726 e. The summed E-state index contributed by atoms with van der Waals surface area (Å²) < 4.78 is 0. The molecule has 0 aliphatic heterocycles. The Hall–Kier alpha value is -3.42. The normalized spacial score (nSPS) is 25.3. The van der Waals surface area contributed by atoms with Gasteiger partial charge in [-0.25, -0.2) is 0 Å². The first-order valence-electron chi connectivity index (χ1n) is 15.3. The van der Waals surface area contributed by atoms with Crippen molar-refractivity contribution < 1.29 is 0 Å². The molecule has 0 bridgehead atoms. The third-order valence-electron chi connectivity index (χ3n) is 10.2. The summed E-state index contributed by atoms with van der Waals surface area (Å²) >= 11 is 0. The van der Waals surface area contributed by atoms with Gasteiger partial charge in [0.15, 0.2) is 0 Å². The molecule has 2 aromatic rings. The van der Waals surface area contributed by atoms with E-state index in [1.165, 1.54) is 44.5 Å². The Morgan fingerprint density at radius 1 is 0.488 bits per heavy atom. The second-order valence-electron chi connectivity index (χ2n) is 13.3. The quantitative estimate of drug-likeness (QED) is 0.331. The van der Waals surface area contributed by atoms with Crippen molar-refractivity contribution in [2.24, 2.45) is 0 Å². The minimum absolute atomic E-state index is 0.302. The standard InChI is InChI=1S/C40H44Si/c1-25-15-13-16-26(2)37(25)31-19-9-11-21-33-35(31)23-29(5)39(33)41(7,8)40-30(6)24-36-32(20-10-12-22-34(36)40)38-27(3)17-14-18-28(38)4/h9-24,31-32,39-40H,1-8H3. The van der Waals surface area contributed by atoms with Crippen LogP contribution in [0, 0.1) is 27.7 Å². The van der Waals surface area contributed by atoms with Gasteiger partial charge in [-0.1, -0.05) is 121 Å². The predicted octanol–water partition coefficient (Wildman–Crippen LogP) is 11.0. The smallest absolute Gasteiger partial charge is 0.0721 e. The van der Waals surface area contributed by atoms with Crippen molar-refractivity contribution in [2.75, 3.05) is 0 Å². The molecule has 208 valence electrons. The van der Waals surface area contributed by atoms with Crippen LogP contribution in [0.25, 0.3) is 0 Å². The highest BCUT2D eigenvalue weighted by atomic mass is 28.3. The van der Waals surface area contributed by atoms with Gasteiger partial charge in [-0.15, -0.1) is 0 Å². The van der Waals surface area contributed by atoms with Gasteiger partial charge in [0.1, 0.15) is 0 Å². The Bertz CT molecular complexity index is 1510. The minimum atomic E-state index is -1.95. The molecule has 0 amide bonds. The summed E-state index contributed by atoms with van der Waals surface area (Å²) in [6, 6.07) is 13.5. The van der Waals surface area contributed by atoms with Gasteiger partial charge in [0, 0.05) is 22.9 Å². The average Bonchev–Trinajstić information content (AvgIpc) is 3.26. The Morgan fingerprint density at radius 2 is 0.854 bits per heavy atom. The lowest BCUT2D eigenvalue weighted by molar-refractivity contribution is 0.963. The first kappa shape index (κ1) is 27.7. The van der Waals surface area contributed by atoms with E-state index in [1.807, 2.05) is 0 Å². The average molecular weight is 553 g/mol. The molecule has 0 radical (unpaired) electrons. The van der Waals surface area contributed by atoms with Gasteiger partial charge < -0.3 is 0 Å². The van der Waals surface area contributed by atoms with Crippen LogP contribution in [0.2, 0.25) is 24.2 Å². The third kappa shape index (κ3) is 4.50. The molecule has 0 heterocycles. The van der Waals surface area contributed by atoms with E-state index >= 15 is 0 Å². The number of aryl methyl sites for hydroxylation is 4.